The van der Waals surface area contributed by atoms with Crippen molar-refractivity contribution in [1.82, 2.24) is 9.97 Å². The summed E-state index contributed by atoms with van der Waals surface area (Å²) in [6.45, 7) is 0.707. The average molecular weight is 264 g/mol. The molecule has 2 aromatic rings. The summed E-state index contributed by atoms with van der Waals surface area (Å²) < 4.78 is 0.966. The van der Waals surface area contributed by atoms with E-state index < -0.39 is 0 Å². The molecule has 0 saturated heterocycles. The molecule has 0 aromatic carbocycles. The van der Waals surface area contributed by atoms with Crippen LogP contribution in [-0.4, -0.2) is 9.97 Å². The van der Waals surface area contributed by atoms with Crippen LogP contribution in [0.2, 0.25) is 0 Å². The maximum Gasteiger partial charge on any atom is 0.0594 e. The Bertz CT molecular complexity index is 431. The van der Waals surface area contributed by atoms with Gasteiger partial charge < -0.3 is 5.32 Å². The standard InChI is InChI=1S/C11H10BrN3/c12-9-5-11(7-13-6-9)15-8-10-3-1-2-4-14-10/h1-7,15H,8H2. The zero-order chi connectivity index (χ0) is 10.5. The van der Waals surface area contributed by atoms with E-state index in [4.69, 9.17) is 0 Å². The number of rotatable bonds is 3. The van der Waals surface area contributed by atoms with Crippen LogP contribution in [0.3, 0.4) is 0 Å². The fourth-order valence-electron chi connectivity index (χ4n) is 1.20. The molecule has 0 aliphatic heterocycles. The molecule has 0 bridgehead atoms. The Balaban J connectivity index is 1.99. The van der Waals surface area contributed by atoms with E-state index in [0.29, 0.717) is 6.54 Å². The van der Waals surface area contributed by atoms with Crippen LogP contribution in [0.4, 0.5) is 5.69 Å². The van der Waals surface area contributed by atoms with Crippen LogP contribution in [0.25, 0.3) is 0 Å². The average Bonchev–Trinajstić information content (AvgIpc) is 2.28. The quantitative estimate of drug-likeness (QED) is 0.926. The van der Waals surface area contributed by atoms with Gasteiger partial charge in [0.25, 0.3) is 0 Å². The van der Waals surface area contributed by atoms with Gasteiger partial charge >= 0.3 is 0 Å². The third-order valence-electron chi connectivity index (χ3n) is 1.90. The van der Waals surface area contributed by atoms with Gasteiger partial charge in [-0.05, 0) is 34.1 Å². The first-order chi connectivity index (χ1) is 7.34. The Hall–Kier alpha value is -1.42. The zero-order valence-electron chi connectivity index (χ0n) is 8.02. The smallest absolute Gasteiger partial charge is 0.0594 e. The van der Waals surface area contributed by atoms with Crippen molar-refractivity contribution in [2.45, 2.75) is 6.54 Å². The molecule has 2 aromatic heterocycles. The van der Waals surface area contributed by atoms with Gasteiger partial charge in [0, 0.05) is 16.9 Å². The first kappa shape index (κ1) is 10.1. The lowest BCUT2D eigenvalue weighted by Gasteiger charge is -2.05. The molecule has 0 radical (unpaired) electrons. The Morgan fingerprint density at radius 1 is 1.27 bits per heavy atom. The van der Waals surface area contributed by atoms with Gasteiger partial charge in [-0.3, -0.25) is 9.97 Å². The molecule has 4 heteroatoms. The number of anilines is 1. The molecule has 2 heterocycles. The number of halogens is 1. The third kappa shape index (κ3) is 3.02. The molecule has 0 unspecified atom stereocenters. The molecule has 0 saturated carbocycles. The van der Waals surface area contributed by atoms with Crippen molar-refractivity contribution >= 4 is 21.6 Å². The minimum absolute atomic E-state index is 0.707. The maximum absolute atomic E-state index is 4.22. The predicted molar refractivity (Wildman–Crippen MR) is 63.5 cm³/mol. The summed E-state index contributed by atoms with van der Waals surface area (Å²) in [5.74, 6) is 0. The second-order valence-corrected chi connectivity index (χ2v) is 3.98. The highest BCUT2D eigenvalue weighted by Gasteiger charge is 1.95. The molecule has 0 spiro atoms. The van der Waals surface area contributed by atoms with Crippen LogP contribution in [0.15, 0.2) is 47.3 Å². The molecule has 0 fully saturated rings. The van der Waals surface area contributed by atoms with Crippen LogP contribution < -0.4 is 5.32 Å². The lowest BCUT2D eigenvalue weighted by atomic mass is 10.3. The summed E-state index contributed by atoms with van der Waals surface area (Å²) in [6, 6.07) is 7.85. The number of nitrogens with one attached hydrogen (secondary N) is 1. The van der Waals surface area contributed by atoms with Crippen molar-refractivity contribution in [2.75, 3.05) is 5.32 Å². The van der Waals surface area contributed by atoms with E-state index in [9.17, 15) is 0 Å². The van der Waals surface area contributed by atoms with Gasteiger partial charge in [-0.15, -0.1) is 0 Å². The minimum atomic E-state index is 0.707. The van der Waals surface area contributed by atoms with Crippen molar-refractivity contribution in [2.24, 2.45) is 0 Å². The molecule has 76 valence electrons. The normalized spacial score (nSPS) is 9.93. The molecular weight excluding hydrogens is 254 g/mol. The summed E-state index contributed by atoms with van der Waals surface area (Å²) >= 11 is 3.37. The second kappa shape index (κ2) is 4.89. The second-order valence-electron chi connectivity index (χ2n) is 3.07. The van der Waals surface area contributed by atoms with Crippen LogP contribution >= 0.6 is 15.9 Å². The van der Waals surface area contributed by atoms with Crippen LogP contribution in [-0.2, 0) is 6.54 Å². The molecule has 3 nitrogen and oxygen atoms in total. The first-order valence-corrected chi connectivity index (χ1v) is 5.38. The predicted octanol–water partition coefficient (Wildman–Crippen LogP) is 2.85. The number of aromatic nitrogens is 2. The Kier molecular flexibility index (Phi) is 3.29. The number of pyridine rings is 2. The molecule has 15 heavy (non-hydrogen) atoms. The maximum atomic E-state index is 4.22. The van der Waals surface area contributed by atoms with E-state index in [1.54, 1.807) is 18.6 Å². The SMILES string of the molecule is Brc1cncc(NCc2ccccn2)c1. The van der Waals surface area contributed by atoms with E-state index in [1.807, 2.05) is 24.3 Å². The summed E-state index contributed by atoms with van der Waals surface area (Å²) in [4.78, 5) is 8.29. The highest BCUT2D eigenvalue weighted by Crippen LogP contribution is 2.14. The van der Waals surface area contributed by atoms with Gasteiger partial charge in [0.2, 0.25) is 0 Å². The van der Waals surface area contributed by atoms with Crippen molar-refractivity contribution < 1.29 is 0 Å². The zero-order valence-corrected chi connectivity index (χ0v) is 9.61. The largest absolute Gasteiger partial charge is 0.378 e. The summed E-state index contributed by atoms with van der Waals surface area (Å²) in [7, 11) is 0. The van der Waals surface area contributed by atoms with E-state index in [1.165, 1.54) is 0 Å². The van der Waals surface area contributed by atoms with Crippen molar-refractivity contribution in [3.63, 3.8) is 0 Å². The molecule has 2 rings (SSSR count). The van der Waals surface area contributed by atoms with E-state index >= 15 is 0 Å². The number of hydrogen-bond acceptors (Lipinski definition) is 3. The van der Waals surface area contributed by atoms with Crippen LogP contribution in [0, 0.1) is 0 Å². The van der Waals surface area contributed by atoms with Gasteiger partial charge in [0.15, 0.2) is 0 Å². The van der Waals surface area contributed by atoms with Crippen LogP contribution in [0.5, 0.6) is 0 Å². The molecule has 0 atom stereocenters. The Labute approximate surface area is 96.7 Å². The number of hydrogen-bond donors (Lipinski definition) is 1. The van der Waals surface area contributed by atoms with Gasteiger partial charge in [-0.1, -0.05) is 6.07 Å². The van der Waals surface area contributed by atoms with Gasteiger partial charge in [0.1, 0.15) is 0 Å². The lowest BCUT2D eigenvalue weighted by Crippen LogP contribution is -2.01. The van der Waals surface area contributed by atoms with Gasteiger partial charge in [-0.25, -0.2) is 0 Å². The first-order valence-electron chi connectivity index (χ1n) is 4.59. The summed E-state index contributed by atoms with van der Waals surface area (Å²) in [5.41, 5.74) is 1.99. The molecule has 0 aliphatic carbocycles. The van der Waals surface area contributed by atoms with Gasteiger partial charge in [0.05, 0.1) is 24.1 Å². The van der Waals surface area contributed by atoms with Crippen LogP contribution in [0.1, 0.15) is 5.69 Å². The van der Waals surface area contributed by atoms with E-state index in [2.05, 4.69) is 31.2 Å². The Morgan fingerprint density at radius 3 is 2.93 bits per heavy atom. The molecular formula is C11H10BrN3. The topological polar surface area (TPSA) is 37.8 Å². The lowest BCUT2D eigenvalue weighted by molar-refractivity contribution is 1.04. The van der Waals surface area contributed by atoms with Crippen molar-refractivity contribution in [3.05, 3.63) is 53.0 Å². The third-order valence-corrected chi connectivity index (χ3v) is 2.34. The minimum Gasteiger partial charge on any atom is -0.378 e. The van der Waals surface area contributed by atoms with E-state index in [0.717, 1.165) is 15.9 Å². The number of nitrogens with zero attached hydrogens (tertiary/aromatic N) is 2. The highest BCUT2D eigenvalue weighted by atomic mass is 79.9. The highest BCUT2D eigenvalue weighted by molar-refractivity contribution is 9.10. The molecule has 0 amide bonds. The Morgan fingerprint density at radius 2 is 2.20 bits per heavy atom. The summed E-state index contributed by atoms with van der Waals surface area (Å²) in [5, 5.41) is 3.25. The van der Waals surface area contributed by atoms with Gasteiger partial charge in [-0.2, -0.15) is 0 Å². The molecule has 1 N–H and O–H groups in total. The van der Waals surface area contributed by atoms with Crippen molar-refractivity contribution in [1.29, 1.82) is 0 Å². The monoisotopic (exact) mass is 263 g/mol. The fraction of sp³-hybridized carbons (Fsp3) is 0.0909. The summed E-state index contributed by atoms with van der Waals surface area (Å²) in [6.07, 6.45) is 5.33. The van der Waals surface area contributed by atoms with Crippen molar-refractivity contribution in [3.8, 4) is 0 Å². The van der Waals surface area contributed by atoms with E-state index in [-0.39, 0.29) is 0 Å². The fourth-order valence-corrected chi connectivity index (χ4v) is 1.57. The molecule has 0 aliphatic rings.